The molecule has 2 saturated heterocycles. The first kappa shape index (κ1) is 19.2. The number of halogens is 1. The van der Waals surface area contributed by atoms with Crippen LogP contribution in [0.15, 0.2) is 29.4 Å². The maximum Gasteiger partial charge on any atom is 0.213 e. The molecule has 0 radical (unpaired) electrons. The van der Waals surface area contributed by atoms with Gasteiger partial charge in [-0.25, -0.2) is 4.98 Å². The molecule has 2 fully saturated rings. The van der Waals surface area contributed by atoms with E-state index in [0.29, 0.717) is 5.88 Å². The number of aromatic nitrogens is 1. The maximum absolute atomic E-state index is 5.95. The average Bonchev–Trinajstić information content (AvgIpc) is 3.24. The van der Waals surface area contributed by atoms with Crippen LogP contribution < -0.4 is 10.1 Å². The zero-order chi connectivity index (χ0) is 15.9. The fraction of sp³-hybridized carbons (Fsp3) is 0.647. The van der Waals surface area contributed by atoms with Crippen molar-refractivity contribution in [3.8, 4) is 5.88 Å². The quantitative estimate of drug-likeness (QED) is 0.428. The second kappa shape index (κ2) is 10.0. The fourth-order valence-corrected chi connectivity index (χ4v) is 3.01. The largest absolute Gasteiger partial charge is 0.472 e. The van der Waals surface area contributed by atoms with E-state index in [-0.39, 0.29) is 36.2 Å². The Labute approximate surface area is 161 Å². The highest BCUT2D eigenvalue weighted by Gasteiger charge is 2.27. The first-order valence-corrected chi connectivity index (χ1v) is 8.57. The van der Waals surface area contributed by atoms with Crippen molar-refractivity contribution in [2.75, 3.05) is 32.8 Å². The molecule has 24 heavy (non-hydrogen) atoms. The van der Waals surface area contributed by atoms with Crippen molar-refractivity contribution in [3.63, 3.8) is 0 Å². The minimum absolute atomic E-state index is 0. The minimum atomic E-state index is 0. The molecule has 3 rings (SSSR count). The van der Waals surface area contributed by atoms with Crippen molar-refractivity contribution in [2.45, 2.75) is 38.4 Å². The standard InChI is InChI=1S/C17H26N4O2.HI/c1-2-18-17(20-12-14-6-5-11-22-14)21-10-8-15(13-21)23-16-7-3-4-9-19-16;/h3-4,7,9,14-15H,2,5-6,8,10-13H2,1H3,(H,18,20);1H. The van der Waals surface area contributed by atoms with E-state index in [1.807, 2.05) is 18.2 Å². The summed E-state index contributed by atoms with van der Waals surface area (Å²) in [4.78, 5) is 11.3. The molecule has 3 heterocycles. The van der Waals surface area contributed by atoms with Gasteiger partial charge in [0.2, 0.25) is 5.88 Å². The molecule has 134 valence electrons. The second-order valence-electron chi connectivity index (χ2n) is 5.97. The Hall–Kier alpha value is -1.09. The van der Waals surface area contributed by atoms with E-state index in [1.54, 1.807) is 6.20 Å². The monoisotopic (exact) mass is 446 g/mol. The summed E-state index contributed by atoms with van der Waals surface area (Å²) < 4.78 is 11.6. The predicted octanol–water partition coefficient (Wildman–Crippen LogP) is 2.30. The number of likely N-dealkylation sites (tertiary alicyclic amines) is 1. The van der Waals surface area contributed by atoms with Gasteiger partial charge in [-0.05, 0) is 25.8 Å². The summed E-state index contributed by atoms with van der Waals surface area (Å²) in [7, 11) is 0. The summed E-state index contributed by atoms with van der Waals surface area (Å²) in [5.41, 5.74) is 0. The van der Waals surface area contributed by atoms with Crippen molar-refractivity contribution in [3.05, 3.63) is 24.4 Å². The van der Waals surface area contributed by atoms with Crippen molar-refractivity contribution in [1.82, 2.24) is 15.2 Å². The molecule has 1 N–H and O–H groups in total. The van der Waals surface area contributed by atoms with E-state index < -0.39 is 0 Å². The molecule has 2 atom stereocenters. The predicted molar refractivity (Wildman–Crippen MR) is 105 cm³/mol. The summed E-state index contributed by atoms with van der Waals surface area (Å²) >= 11 is 0. The number of nitrogens with zero attached hydrogens (tertiary/aromatic N) is 3. The Morgan fingerprint density at radius 2 is 2.38 bits per heavy atom. The van der Waals surface area contributed by atoms with Gasteiger partial charge in [-0.2, -0.15) is 0 Å². The Bertz CT molecular complexity index is 509. The molecule has 2 unspecified atom stereocenters. The number of aliphatic imine (C=N–C) groups is 1. The molecule has 1 aromatic rings. The zero-order valence-electron chi connectivity index (χ0n) is 14.2. The third kappa shape index (κ3) is 5.47. The molecule has 1 aromatic heterocycles. The molecule has 0 bridgehead atoms. The Morgan fingerprint density at radius 1 is 1.46 bits per heavy atom. The van der Waals surface area contributed by atoms with Crippen LogP contribution in [0.2, 0.25) is 0 Å². The number of ether oxygens (including phenoxy) is 2. The van der Waals surface area contributed by atoms with Gasteiger partial charge in [0, 0.05) is 38.4 Å². The lowest BCUT2D eigenvalue weighted by Crippen LogP contribution is -2.41. The molecule has 0 aliphatic carbocycles. The fourth-order valence-electron chi connectivity index (χ4n) is 3.01. The number of guanidine groups is 1. The molecule has 6 nitrogen and oxygen atoms in total. The molecule has 0 amide bonds. The minimum Gasteiger partial charge on any atom is -0.472 e. The molecule has 0 aromatic carbocycles. The molecule has 2 aliphatic rings. The van der Waals surface area contributed by atoms with Crippen molar-refractivity contribution in [2.24, 2.45) is 4.99 Å². The van der Waals surface area contributed by atoms with Crippen LogP contribution in [-0.4, -0.2) is 60.8 Å². The normalized spacial score (nSPS) is 23.9. The number of hydrogen-bond donors (Lipinski definition) is 1. The van der Waals surface area contributed by atoms with Gasteiger partial charge in [-0.15, -0.1) is 24.0 Å². The van der Waals surface area contributed by atoms with Gasteiger partial charge in [0.1, 0.15) is 6.10 Å². The summed E-state index contributed by atoms with van der Waals surface area (Å²) in [5, 5.41) is 3.38. The van der Waals surface area contributed by atoms with Crippen molar-refractivity contribution in [1.29, 1.82) is 0 Å². The molecular formula is C17H27IN4O2. The van der Waals surface area contributed by atoms with Gasteiger partial charge >= 0.3 is 0 Å². The molecule has 7 heteroatoms. The van der Waals surface area contributed by atoms with Gasteiger partial charge in [0.25, 0.3) is 0 Å². The van der Waals surface area contributed by atoms with Crippen LogP contribution in [0.25, 0.3) is 0 Å². The highest BCUT2D eigenvalue weighted by Crippen LogP contribution is 2.17. The number of pyridine rings is 1. The highest BCUT2D eigenvalue weighted by molar-refractivity contribution is 14.0. The van der Waals surface area contributed by atoms with E-state index in [2.05, 4.69) is 22.1 Å². The molecule has 2 aliphatic heterocycles. The molecule has 0 spiro atoms. The van der Waals surface area contributed by atoms with Crippen LogP contribution in [0, 0.1) is 0 Å². The summed E-state index contributed by atoms with van der Waals surface area (Å²) in [6.45, 7) is 6.37. The van der Waals surface area contributed by atoms with Crippen LogP contribution in [0.1, 0.15) is 26.2 Å². The van der Waals surface area contributed by atoms with E-state index in [9.17, 15) is 0 Å². The Balaban J connectivity index is 0.00000208. The van der Waals surface area contributed by atoms with E-state index >= 15 is 0 Å². The lowest BCUT2D eigenvalue weighted by atomic mass is 10.2. The zero-order valence-corrected chi connectivity index (χ0v) is 16.5. The van der Waals surface area contributed by atoms with E-state index in [1.165, 1.54) is 0 Å². The van der Waals surface area contributed by atoms with Crippen molar-refractivity contribution < 1.29 is 9.47 Å². The van der Waals surface area contributed by atoms with E-state index in [4.69, 9.17) is 14.5 Å². The maximum atomic E-state index is 5.95. The van der Waals surface area contributed by atoms with Crippen LogP contribution in [-0.2, 0) is 4.74 Å². The van der Waals surface area contributed by atoms with Gasteiger partial charge in [-0.1, -0.05) is 6.07 Å². The number of hydrogen-bond acceptors (Lipinski definition) is 4. The van der Waals surface area contributed by atoms with Gasteiger partial charge in [0.05, 0.1) is 19.2 Å². The summed E-state index contributed by atoms with van der Waals surface area (Å²) in [5.74, 6) is 1.66. The number of nitrogens with one attached hydrogen (secondary N) is 1. The van der Waals surface area contributed by atoms with Crippen LogP contribution in [0.5, 0.6) is 5.88 Å². The first-order valence-electron chi connectivity index (χ1n) is 8.57. The Kier molecular flexibility index (Phi) is 8.04. The topological polar surface area (TPSA) is 59.0 Å². The average molecular weight is 446 g/mol. The molecule has 0 saturated carbocycles. The Morgan fingerprint density at radius 3 is 3.08 bits per heavy atom. The summed E-state index contributed by atoms with van der Waals surface area (Å²) in [6, 6.07) is 5.75. The van der Waals surface area contributed by atoms with Gasteiger partial charge < -0.3 is 19.7 Å². The molecular weight excluding hydrogens is 419 g/mol. The number of rotatable bonds is 5. The SMILES string of the molecule is CCNC(=NCC1CCCO1)N1CCC(Oc2ccccn2)C1.I. The summed E-state index contributed by atoms with van der Waals surface area (Å²) in [6.07, 6.45) is 5.47. The third-order valence-electron chi connectivity index (χ3n) is 4.17. The lowest BCUT2D eigenvalue weighted by molar-refractivity contribution is 0.117. The highest BCUT2D eigenvalue weighted by atomic mass is 127. The van der Waals surface area contributed by atoms with Gasteiger partial charge in [-0.3, -0.25) is 4.99 Å². The van der Waals surface area contributed by atoms with Crippen LogP contribution in [0.3, 0.4) is 0 Å². The van der Waals surface area contributed by atoms with Crippen molar-refractivity contribution >= 4 is 29.9 Å². The van der Waals surface area contributed by atoms with Gasteiger partial charge in [0.15, 0.2) is 5.96 Å². The third-order valence-corrected chi connectivity index (χ3v) is 4.17. The smallest absolute Gasteiger partial charge is 0.213 e. The lowest BCUT2D eigenvalue weighted by Gasteiger charge is -2.22. The van der Waals surface area contributed by atoms with Crippen LogP contribution in [0.4, 0.5) is 0 Å². The second-order valence-corrected chi connectivity index (χ2v) is 5.97. The van der Waals surface area contributed by atoms with Crippen LogP contribution >= 0.6 is 24.0 Å². The van der Waals surface area contributed by atoms with E-state index in [0.717, 1.165) is 58.0 Å². The first-order chi connectivity index (χ1) is 11.3.